The highest BCUT2D eigenvalue weighted by Gasteiger charge is 2.43. The van der Waals surface area contributed by atoms with Gasteiger partial charge in [-0.05, 0) is 60.3 Å². The number of hydrogen-bond donors (Lipinski definition) is 3. The Morgan fingerprint density at radius 3 is 2.19 bits per heavy atom. The Hall–Kier alpha value is -2.48. The second-order valence-corrected chi connectivity index (χ2v) is 10.9. The van der Waals surface area contributed by atoms with Crippen molar-refractivity contribution >= 4 is 21.8 Å². The zero-order valence-electron chi connectivity index (χ0n) is 17.8. The number of rotatable bonds is 9. The van der Waals surface area contributed by atoms with Gasteiger partial charge < -0.3 is 5.11 Å². The number of carbonyl (C=O) groups excluding carboxylic acids is 1. The lowest BCUT2D eigenvalue weighted by atomic mass is 9.97. The summed E-state index contributed by atoms with van der Waals surface area (Å²) in [5, 5.41) is 18.0. The summed E-state index contributed by atoms with van der Waals surface area (Å²) in [7, 11) is -3.70. The molecule has 2 aromatic carbocycles. The molecule has 3 atom stereocenters. The van der Waals surface area contributed by atoms with Crippen LogP contribution >= 0.6 is 0 Å². The van der Waals surface area contributed by atoms with Crippen LogP contribution in [0.15, 0.2) is 54.6 Å². The number of amides is 1. The molecule has 3 rings (SSSR count). The number of carbonyl (C=O) groups is 1. The Bertz CT molecular complexity index is 1040. The van der Waals surface area contributed by atoms with Crippen LogP contribution in [-0.2, 0) is 21.1 Å². The maximum Gasteiger partial charge on any atom is 0.264 e. The van der Waals surface area contributed by atoms with E-state index in [0.29, 0.717) is 18.3 Å². The third kappa shape index (κ3) is 5.42. The summed E-state index contributed by atoms with van der Waals surface area (Å²) in [5.74, 6) is -0.0121. The number of aliphatic hydroxyl groups excluding tert-OH is 1. The fourth-order valence-corrected chi connectivity index (χ4v) is 4.43. The van der Waals surface area contributed by atoms with E-state index >= 15 is 0 Å². The molecule has 0 radical (unpaired) electrons. The summed E-state index contributed by atoms with van der Waals surface area (Å²) in [5.41, 5.74) is 5.61. The molecule has 7 heteroatoms. The second kappa shape index (κ2) is 9.34. The largest absolute Gasteiger partial charge is 0.396 e. The fourth-order valence-electron chi connectivity index (χ4n) is 3.57. The Labute approximate surface area is 183 Å². The zero-order chi connectivity index (χ0) is 22.6. The van der Waals surface area contributed by atoms with Crippen LogP contribution in [0.1, 0.15) is 30.9 Å². The summed E-state index contributed by atoms with van der Waals surface area (Å²) in [6.45, 7) is 1.58. The van der Waals surface area contributed by atoms with Gasteiger partial charge in [-0.1, -0.05) is 60.7 Å². The molecular formula is C24H29NO5S. The normalized spacial score (nSPS) is 20.4. The molecule has 1 aliphatic rings. The first kappa shape index (κ1) is 23.2. The second-order valence-electron chi connectivity index (χ2n) is 8.46. The lowest BCUT2D eigenvalue weighted by molar-refractivity contribution is -0.131. The van der Waals surface area contributed by atoms with Gasteiger partial charge in [-0.3, -0.25) is 10.0 Å². The van der Waals surface area contributed by atoms with Crippen LogP contribution in [0.2, 0.25) is 0 Å². The van der Waals surface area contributed by atoms with E-state index in [1.165, 1.54) is 12.4 Å². The van der Waals surface area contributed by atoms with Crippen molar-refractivity contribution in [2.75, 3.05) is 12.9 Å². The van der Waals surface area contributed by atoms with Gasteiger partial charge in [-0.2, -0.15) is 0 Å². The summed E-state index contributed by atoms with van der Waals surface area (Å²) >= 11 is 0. The number of nitrogens with one attached hydrogen (secondary N) is 1. The SMILES string of the molecule is CC(CCc1ccc(-c2ccc(/C=C/C3C[C@H]3CO)cc2)cc1)(C(=O)NO)S(C)(=O)=O. The molecule has 0 aliphatic heterocycles. The van der Waals surface area contributed by atoms with E-state index in [9.17, 15) is 13.2 Å². The van der Waals surface area contributed by atoms with Crippen molar-refractivity contribution in [1.29, 1.82) is 0 Å². The van der Waals surface area contributed by atoms with E-state index in [1.54, 1.807) is 0 Å². The standard InChI is InChI=1S/C24H29NO5S/c1-24(23(27)25-28,31(2,29)30)14-13-18-5-10-20(11-6-18)19-8-3-17(4-9-19)7-12-21-15-22(21)16-26/h3-12,21-22,26,28H,13-16H2,1-2H3,(H,25,27)/b12-7+/t21?,22-,24?/m0/s1. The lowest BCUT2D eigenvalue weighted by Gasteiger charge is -2.25. The molecule has 2 aromatic rings. The first-order valence-electron chi connectivity index (χ1n) is 10.3. The van der Waals surface area contributed by atoms with Crippen LogP contribution in [-0.4, -0.2) is 42.2 Å². The smallest absolute Gasteiger partial charge is 0.264 e. The van der Waals surface area contributed by atoms with Crippen LogP contribution in [0.3, 0.4) is 0 Å². The number of benzene rings is 2. The Morgan fingerprint density at radius 1 is 1.13 bits per heavy atom. The molecular weight excluding hydrogens is 414 g/mol. The van der Waals surface area contributed by atoms with Gasteiger partial charge in [0.05, 0.1) is 0 Å². The monoisotopic (exact) mass is 443 g/mol. The molecule has 1 amide bonds. The van der Waals surface area contributed by atoms with Crippen molar-refractivity contribution in [3.05, 3.63) is 65.7 Å². The maximum atomic E-state index is 12.1. The molecule has 6 nitrogen and oxygen atoms in total. The topological polar surface area (TPSA) is 104 Å². The molecule has 1 fully saturated rings. The first-order valence-corrected chi connectivity index (χ1v) is 12.2. The molecule has 31 heavy (non-hydrogen) atoms. The molecule has 1 saturated carbocycles. The van der Waals surface area contributed by atoms with E-state index in [1.807, 2.05) is 24.3 Å². The van der Waals surface area contributed by atoms with Crippen molar-refractivity contribution < 1.29 is 23.5 Å². The summed E-state index contributed by atoms with van der Waals surface area (Å²) < 4.78 is 22.5. The Morgan fingerprint density at radius 2 is 1.71 bits per heavy atom. The highest BCUT2D eigenvalue weighted by molar-refractivity contribution is 7.92. The molecule has 166 valence electrons. The van der Waals surface area contributed by atoms with Gasteiger partial charge in [0, 0.05) is 12.9 Å². The first-order chi connectivity index (χ1) is 14.7. The van der Waals surface area contributed by atoms with Crippen molar-refractivity contribution in [3.8, 4) is 11.1 Å². The number of aryl methyl sites for hydroxylation is 1. The molecule has 3 N–H and O–H groups in total. The molecule has 0 aromatic heterocycles. The highest BCUT2D eigenvalue weighted by Crippen LogP contribution is 2.39. The van der Waals surface area contributed by atoms with Crippen LogP contribution in [0.4, 0.5) is 0 Å². The molecule has 0 heterocycles. The molecule has 0 bridgehead atoms. The van der Waals surface area contributed by atoms with Gasteiger partial charge in [-0.15, -0.1) is 0 Å². The van der Waals surface area contributed by atoms with E-state index < -0.39 is 20.5 Å². The number of sulfone groups is 1. The van der Waals surface area contributed by atoms with Gasteiger partial charge in [0.1, 0.15) is 4.75 Å². The quantitative estimate of drug-likeness (QED) is 0.408. The molecule has 0 spiro atoms. The third-order valence-electron chi connectivity index (χ3n) is 6.24. The number of allylic oxidation sites excluding steroid dienone is 1. The summed E-state index contributed by atoms with van der Waals surface area (Å²) in [6.07, 6.45) is 6.76. The minimum Gasteiger partial charge on any atom is -0.396 e. The van der Waals surface area contributed by atoms with Gasteiger partial charge >= 0.3 is 0 Å². The average molecular weight is 444 g/mol. The maximum absolute atomic E-state index is 12.1. The Balaban J connectivity index is 1.64. The summed E-state index contributed by atoms with van der Waals surface area (Å²) in [6, 6.07) is 16.0. The predicted octanol–water partition coefficient (Wildman–Crippen LogP) is 3.24. The average Bonchev–Trinajstić information content (AvgIpc) is 3.54. The summed E-state index contributed by atoms with van der Waals surface area (Å²) in [4.78, 5) is 11.9. The number of hydroxylamine groups is 1. The van der Waals surface area contributed by atoms with Crippen LogP contribution in [0.25, 0.3) is 17.2 Å². The minimum atomic E-state index is -3.70. The fraction of sp³-hybridized carbons (Fsp3) is 0.375. The van der Waals surface area contributed by atoms with Crippen LogP contribution < -0.4 is 5.48 Å². The zero-order valence-corrected chi connectivity index (χ0v) is 18.6. The van der Waals surface area contributed by atoms with E-state index in [-0.39, 0.29) is 13.0 Å². The molecule has 2 unspecified atom stereocenters. The van der Waals surface area contributed by atoms with E-state index in [4.69, 9.17) is 10.3 Å². The van der Waals surface area contributed by atoms with Gasteiger partial charge in [0.2, 0.25) is 0 Å². The third-order valence-corrected chi connectivity index (χ3v) is 8.26. The number of aliphatic hydroxyl groups is 1. The van der Waals surface area contributed by atoms with Crippen molar-refractivity contribution in [2.45, 2.75) is 30.9 Å². The lowest BCUT2D eigenvalue weighted by Crippen LogP contribution is -2.49. The minimum absolute atomic E-state index is 0.0662. The van der Waals surface area contributed by atoms with E-state index in [2.05, 4.69) is 36.4 Å². The Kier molecular flexibility index (Phi) is 6.99. The molecule has 0 saturated heterocycles. The van der Waals surface area contributed by atoms with Crippen molar-refractivity contribution in [2.24, 2.45) is 11.8 Å². The number of hydrogen-bond acceptors (Lipinski definition) is 5. The van der Waals surface area contributed by atoms with Gasteiger partial charge in [0.15, 0.2) is 9.84 Å². The van der Waals surface area contributed by atoms with Crippen molar-refractivity contribution in [3.63, 3.8) is 0 Å². The predicted molar refractivity (Wildman–Crippen MR) is 121 cm³/mol. The molecule has 1 aliphatic carbocycles. The van der Waals surface area contributed by atoms with Gasteiger partial charge in [-0.25, -0.2) is 13.9 Å². The van der Waals surface area contributed by atoms with Crippen LogP contribution in [0.5, 0.6) is 0 Å². The van der Waals surface area contributed by atoms with Gasteiger partial charge in [0.25, 0.3) is 5.91 Å². The van der Waals surface area contributed by atoms with E-state index in [0.717, 1.165) is 34.9 Å². The van der Waals surface area contributed by atoms with Crippen molar-refractivity contribution in [1.82, 2.24) is 5.48 Å². The highest BCUT2D eigenvalue weighted by atomic mass is 32.2. The van der Waals surface area contributed by atoms with Crippen LogP contribution in [0, 0.1) is 11.8 Å².